The molecule has 0 unspecified atom stereocenters. The maximum atomic E-state index is 12.9. The summed E-state index contributed by atoms with van der Waals surface area (Å²) in [5.74, 6) is 0.356. The van der Waals surface area contributed by atoms with Crippen molar-refractivity contribution < 1.29 is 13.2 Å². The van der Waals surface area contributed by atoms with Gasteiger partial charge in [0.25, 0.3) is 0 Å². The van der Waals surface area contributed by atoms with E-state index in [0.29, 0.717) is 5.75 Å². The number of ether oxygens (including phenoxy) is 1. The molecule has 0 atom stereocenters. The maximum absolute atomic E-state index is 12.9. The van der Waals surface area contributed by atoms with Crippen molar-refractivity contribution >= 4 is 10.0 Å². The van der Waals surface area contributed by atoms with E-state index in [1.54, 1.807) is 36.9 Å². The summed E-state index contributed by atoms with van der Waals surface area (Å²) in [4.78, 5) is 8.59. The van der Waals surface area contributed by atoms with E-state index in [9.17, 15) is 8.42 Å². The Kier molecular flexibility index (Phi) is 5.83. The van der Waals surface area contributed by atoms with Gasteiger partial charge in [0.2, 0.25) is 10.0 Å². The molecule has 158 valence electrons. The Morgan fingerprint density at radius 1 is 1.13 bits per heavy atom. The second kappa shape index (κ2) is 8.53. The number of nitrogens with one attached hydrogen (secondary N) is 1. The molecular formula is C21H25N5O3S. The van der Waals surface area contributed by atoms with Crippen LogP contribution < -0.4 is 9.46 Å². The molecule has 1 N–H and O–H groups in total. The van der Waals surface area contributed by atoms with Gasteiger partial charge in [-0.1, -0.05) is 6.07 Å². The largest absolute Gasteiger partial charge is 0.495 e. The van der Waals surface area contributed by atoms with Gasteiger partial charge in [0.05, 0.1) is 31.2 Å². The molecule has 0 radical (unpaired) electrons. The van der Waals surface area contributed by atoms with E-state index in [2.05, 4.69) is 19.8 Å². The average molecular weight is 428 g/mol. The Morgan fingerprint density at radius 3 is 2.63 bits per heavy atom. The standard InChI is InChI=1S/C21H25N5O3S/c1-15-3-8-20(29-2)21(11-15)30(27,28)25-17-4-6-18(7-5-17)26-14-16(12-24-26)19-13-22-9-10-23-19/h3,8-14,17-18,25H,4-7H2,1-2H3. The van der Waals surface area contributed by atoms with Gasteiger partial charge in [0, 0.05) is 30.2 Å². The van der Waals surface area contributed by atoms with Crippen LogP contribution in [0.3, 0.4) is 0 Å². The van der Waals surface area contributed by atoms with Gasteiger partial charge in [-0.3, -0.25) is 14.6 Å². The van der Waals surface area contributed by atoms with E-state index in [0.717, 1.165) is 42.5 Å². The summed E-state index contributed by atoms with van der Waals surface area (Å²) >= 11 is 0. The Balaban J connectivity index is 1.41. The molecule has 2 heterocycles. The van der Waals surface area contributed by atoms with Gasteiger partial charge in [0.15, 0.2) is 0 Å². The van der Waals surface area contributed by atoms with Gasteiger partial charge in [-0.05, 0) is 50.3 Å². The van der Waals surface area contributed by atoms with Crippen molar-refractivity contribution in [2.45, 2.75) is 49.6 Å². The third-order valence-corrected chi connectivity index (χ3v) is 7.00. The molecule has 1 aromatic carbocycles. The van der Waals surface area contributed by atoms with Crippen molar-refractivity contribution in [3.05, 3.63) is 54.7 Å². The molecule has 3 aromatic rings. The highest BCUT2D eigenvalue weighted by atomic mass is 32.2. The van der Waals surface area contributed by atoms with Crippen LogP contribution in [0.1, 0.15) is 37.3 Å². The first kappa shape index (κ1) is 20.5. The molecule has 30 heavy (non-hydrogen) atoms. The summed E-state index contributed by atoms with van der Waals surface area (Å²) in [5, 5.41) is 4.49. The highest BCUT2D eigenvalue weighted by Crippen LogP contribution is 2.31. The van der Waals surface area contributed by atoms with Crippen LogP contribution in [0.5, 0.6) is 5.75 Å². The highest BCUT2D eigenvalue weighted by molar-refractivity contribution is 7.89. The first-order chi connectivity index (χ1) is 14.5. The Bertz CT molecular complexity index is 1110. The van der Waals surface area contributed by atoms with Gasteiger partial charge >= 0.3 is 0 Å². The number of hydrogen-bond acceptors (Lipinski definition) is 6. The predicted molar refractivity (Wildman–Crippen MR) is 113 cm³/mol. The van der Waals surface area contributed by atoms with Crippen LogP contribution in [0.15, 0.2) is 54.1 Å². The number of aryl methyl sites for hydroxylation is 1. The Hall–Kier alpha value is -2.78. The molecule has 1 saturated carbocycles. The minimum atomic E-state index is -3.65. The van der Waals surface area contributed by atoms with Crippen molar-refractivity contribution in [3.63, 3.8) is 0 Å². The number of hydrogen-bond donors (Lipinski definition) is 1. The normalized spacial score (nSPS) is 19.5. The summed E-state index contributed by atoms with van der Waals surface area (Å²) < 4.78 is 35.9. The van der Waals surface area contributed by atoms with Crippen molar-refractivity contribution in [1.82, 2.24) is 24.5 Å². The molecule has 8 nitrogen and oxygen atoms in total. The average Bonchev–Trinajstić information content (AvgIpc) is 3.25. The second-order valence-electron chi connectivity index (χ2n) is 7.58. The second-order valence-corrected chi connectivity index (χ2v) is 9.26. The maximum Gasteiger partial charge on any atom is 0.244 e. The van der Waals surface area contributed by atoms with Crippen LogP contribution in [0.2, 0.25) is 0 Å². The molecule has 0 aliphatic heterocycles. The van der Waals surface area contributed by atoms with Gasteiger partial charge in [-0.25, -0.2) is 13.1 Å². The van der Waals surface area contributed by atoms with Gasteiger partial charge in [-0.15, -0.1) is 0 Å². The van der Waals surface area contributed by atoms with Gasteiger partial charge < -0.3 is 4.74 Å². The number of benzene rings is 1. The monoisotopic (exact) mass is 427 g/mol. The van der Waals surface area contributed by atoms with E-state index in [1.165, 1.54) is 7.11 Å². The molecule has 0 saturated heterocycles. The number of sulfonamides is 1. The number of nitrogens with zero attached hydrogens (tertiary/aromatic N) is 4. The van der Waals surface area contributed by atoms with E-state index < -0.39 is 10.0 Å². The van der Waals surface area contributed by atoms with E-state index in [-0.39, 0.29) is 17.0 Å². The molecule has 0 bridgehead atoms. The number of methoxy groups -OCH3 is 1. The number of rotatable bonds is 6. The van der Waals surface area contributed by atoms with E-state index in [4.69, 9.17) is 4.74 Å². The third kappa shape index (κ3) is 4.36. The van der Waals surface area contributed by atoms with Crippen LogP contribution in [-0.2, 0) is 10.0 Å². The topological polar surface area (TPSA) is 99.0 Å². The quantitative estimate of drug-likeness (QED) is 0.649. The van der Waals surface area contributed by atoms with Crippen LogP contribution in [-0.4, -0.2) is 41.3 Å². The zero-order valence-corrected chi connectivity index (χ0v) is 17.8. The minimum absolute atomic E-state index is 0.105. The SMILES string of the molecule is COc1ccc(C)cc1S(=O)(=O)NC1CCC(n2cc(-c3cnccn3)cn2)CC1. The fourth-order valence-corrected chi connectivity index (χ4v) is 5.41. The minimum Gasteiger partial charge on any atom is -0.495 e. The van der Waals surface area contributed by atoms with Crippen molar-refractivity contribution in [2.75, 3.05) is 7.11 Å². The van der Waals surface area contributed by atoms with Gasteiger partial charge in [0.1, 0.15) is 10.6 Å². The Morgan fingerprint density at radius 2 is 1.93 bits per heavy atom. The lowest BCUT2D eigenvalue weighted by Crippen LogP contribution is -2.38. The molecule has 1 aliphatic carbocycles. The molecular weight excluding hydrogens is 402 g/mol. The molecule has 1 fully saturated rings. The predicted octanol–water partition coefficient (Wildman–Crippen LogP) is 3.12. The van der Waals surface area contributed by atoms with Crippen LogP contribution >= 0.6 is 0 Å². The fraction of sp³-hybridized carbons (Fsp3) is 0.381. The molecule has 1 aliphatic rings. The fourth-order valence-electron chi connectivity index (χ4n) is 3.85. The summed E-state index contributed by atoms with van der Waals surface area (Å²) in [6, 6.07) is 5.30. The number of aromatic nitrogens is 4. The van der Waals surface area contributed by atoms with Crippen molar-refractivity contribution in [1.29, 1.82) is 0 Å². The smallest absolute Gasteiger partial charge is 0.244 e. The van der Waals surface area contributed by atoms with Crippen LogP contribution in [0.4, 0.5) is 0 Å². The summed E-state index contributed by atoms with van der Waals surface area (Å²) in [6.07, 6.45) is 12.0. The lowest BCUT2D eigenvalue weighted by Gasteiger charge is -2.29. The zero-order valence-electron chi connectivity index (χ0n) is 17.0. The first-order valence-corrected chi connectivity index (χ1v) is 11.4. The van der Waals surface area contributed by atoms with Gasteiger partial charge in [-0.2, -0.15) is 5.10 Å². The summed E-state index contributed by atoms with van der Waals surface area (Å²) in [7, 11) is -2.17. The van der Waals surface area contributed by atoms with Crippen LogP contribution in [0, 0.1) is 6.92 Å². The first-order valence-electron chi connectivity index (χ1n) is 9.94. The molecule has 2 aromatic heterocycles. The van der Waals surface area contributed by atoms with Crippen LogP contribution in [0.25, 0.3) is 11.3 Å². The summed E-state index contributed by atoms with van der Waals surface area (Å²) in [5.41, 5.74) is 2.59. The highest BCUT2D eigenvalue weighted by Gasteiger charge is 2.28. The lowest BCUT2D eigenvalue weighted by molar-refractivity contribution is 0.293. The van der Waals surface area contributed by atoms with E-state index >= 15 is 0 Å². The molecule has 4 rings (SSSR count). The van der Waals surface area contributed by atoms with Crippen molar-refractivity contribution in [2.24, 2.45) is 0 Å². The molecule has 9 heteroatoms. The summed E-state index contributed by atoms with van der Waals surface area (Å²) in [6.45, 7) is 1.86. The van der Waals surface area contributed by atoms with Crippen molar-refractivity contribution in [3.8, 4) is 17.0 Å². The zero-order chi connectivity index (χ0) is 21.1. The Labute approximate surface area is 176 Å². The lowest BCUT2D eigenvalue weighted by atomic mass is 9.92. The molecule has 0 spiro atoms. The molecule has 0 amide bonds. The third-order valence-electron chi connectivity index (χ3n) is 5.46. The van der Waals surface area contributed by atoms with E-state index in [1.807, 2.05) is 23.9 Å².